The second-order valence-electron chi connectivity index (χ2n) is 6.51. The molecule has 2 rings (SSSR count). The van der Waals surface area contributed by atoms with Gasteiger partial charge >= 0.3 is 0 Å². The van der Waals surface area contributed by atoms with Crippen LogP contribution in [0.2, 0.25) is 0 Å². The minimum atomic E-state index is -0.233. The van der Waals surface area contributed by atoms with E-state index in [1.165, 1.54) is 12.1 Å². The topological polar surface area (TPSA) is 34.5 Å². The predicted octanol–water partition coefficient (Wildman–Crippen LogP) is 3.70. The van der Waals surface area contributed by atoms with E-state index in [4.69, 9.17) is 4.74 Å². The number of carbonyl (C=O) groups excluding carboxylic acids is 1. The Morgan fingerprint density at radius 1 is 1.24 bits per heavy atom. The van der Waals surface area contributed by atoms with E-state index in [0.717, 1.165) is 17.7 Å². The van der Waals surface area contributed by atoms with Gasteiger partial charge in [0.25, 0.3) is 0 Å². The van der Waals surface area contributed by atoms with Crippen LogP contribution < -0.4 is 0 Å². The van der Waals surface area contributed by atoms with E-state index < -0.39 is 0 Å². The molecule has 2 aromatic rings. The van der Waals surface area contributed by atoms with Crippen LogP contribution in [0, 0.1) is 11.7 Å². The molecule has 0 spiro atoms. The van der Waals surface area contributed by atoms with Gasteiger partial charge in [0, 0.05) is 44.6 Å². The van der Waals surface area contributed by atoms with Gasteiger partial charge in [-0.3, -0.25) is 4.79 Å². The largest absolute Gasteiger partial charge is 0.385 e. The summed E-state index contributed by atoms with van der Waals surface area (Å²) in [6.45, 7) is 6.37. The molecule has 0 radical (unpaired) electrons. The third kappa shape index (κ3) is 5.71. The second-order valence-corrected chi connectivity index (χ2v) is 6.51. The number of amides is 1. The van der Waals surface area contributed by atoms with E-state index in [2.05, 4.69) is 4.57 Å². The first-order chi connectivity index (χ1) is 12.0. The van der Waals surface area contributed by atoms with Crippen molar-refractivity contribution in [2.24, 2.45) is 5.92 Å². The molecule has 136 valence electrons. The van der Waals surface area contributed by atoms with Gasteiger partial charge in [0.1, 0.15) is 5.82 Å². The Hall–Kier alpha value is -2.14. The number of rotatable bonds is 9. The van der Waals surface area contributed by atoms with Gasteiger partial charge in [-0.15, -0.1) is 0 Å². The van der Waals surface area contributed by atoms with Crippen molar-refractivity contribution in [2.75, 3.05) is 20.3 Å². The van der Waals surface area contributed by atoms with Gasteiger partial charge in [-0.25, -0.2) is 4.39 Å². The quantitative estimate of drug-likeness (QED) is 0.649. The van der Waals surface area contributed by atoms with E-state index in [1.807, 2.05) is 37.1 Å². The van der Waals surface area contributed by atoms with Crippen LogP contribution in [0.25, 0.3) is 0 Å². The monoisotopic (exact) mass is 346 g/mol. The number of hydrogen-bond donors (Lipinski definition) is 0. The fraction of sp³-hybridized carbons (Fsp3) is 0.450. The maximum atomic E-state index is 13.1. The third-order valence-corrected chi connectivity index (χ3v) is 4.12. The molecule has 0 aliphatic heterocycles. The van der Waals surface area contributed by atoms with E-state index in [1.54, 1.807) is 19.2 Å². The maximum Gasteiger partial charge on any atom is 0.225 e. The second kappa shape index (κ2) is 9.37. The summed E-state index contributed by atoms with van der Waals surface area (Å²) in [6.07, 6.45) is 2.81. The van der Waals surface area contributed by atoms with Crippen LogP contribution in [0.15, 0.2) is 42.6 Å². The number of carbonyl (C=O) groups is 1. The number of aromatic nitrogens is 1. The fourth-order valence-corrected chi connectivity index (χ4v) is 2.76. The van der Waals surface area contributed by atoms with Crippen LogP contribution in [0.4, 0.5) is 4.39 Å². The van der Waals surface area contributed by atoms with Gasteiger partial charge < -0.3 is 14.2 Å². The molecule has 1 heterocycles. The molecule has 0 bridgehead atoms. The Balaban J connectivity index is 2.09. The molecular formula is C20H27FN2O2. The molecule has 0 aliphatic rings. The molecule has 0 unspecified atom stereocenters. The zero-order valence-corrected chi connectivity index (χ0v) is 15.2. The molecule has 1 aromatic carbocycles. The maximum absolute atomic E-state index is 13.1. The van der Waals surface area contributed by atoms with E-state index in [0.29, 0.717) is 26.2 Å². The molecule has 0 N–H and O–H groups in total. The van der Waals surface area contributed by atoms with Crippen molar-refractivity contribution in [1.29, 1.82) is 0 Å². The lowest BCUT2D eigenvalue weighted by atomic mass is 10.1. The summed E-state index contributed by atoms with van der Waals surface area (Å²) in [5.74, 6) is -0.128. The van der Waals surface area contributed by atoms with E-state index in [-0.39, 0.29) is 17.6 Å². The SMILES string of the molecule is COCCCN(Cc1cccn1Cc1ccc(F)cc1)C(=O)C(C)C. The number of nitrogens with zero attached hydrogens (tertiary/aromatic N) is 2. The number of halogens is 1. The number of benzene rings is 1. The average Bonchev–Trinajstić information content (AvgIpc) is 3.02. The van der Waals surface area contributed by atoms with E-state index in [9.17, 15) is 9.18 Å². The van der Waals surface area contributed by atoms with Gasteiger partial charge in [0.15, 0.2) is 0 Å². The van der Waals surface area contributed by atoms with Crippen LogP contribution in [-0.2, 0) is 22.6 Å². The molecule has 1 amide bonds. The highest BCUT2D eigenvalue weighted by Gasteiger charge is 2.18. The summed E-state index contributed by atoms with van der Waals surface area (Å²) >= 11 is 0. The first-order valence-electron chi connectivity index (χ1n) is 8.67. The van der Waals surface area contributed by atoms with Crippen molar-refractivity contribution in [3.63, 3.8) is 0 Å². The van der Waals surface area contributed by atoms with Crippen LogP contribution in [0.3, 0.4) is 0 Å². The Morgan fingerprint density at radius 2 is 1.96 bits per heavy atom. The van der Waals surface area contributed by atoms with Gasteiger partial charge in [-0.05, 0) is 36.2 Å². The summed E-state index contributed by atoms with van der Waals surface area (Å²) in [5, 5.41) is 0. The number of hydrogen-bond acceptors (Lipinski definition) is 2. The molecular weight excluding hydrogens is 319 g/mol. The van der Waals surface area contributed by atoms with Gasteiger partial charge in [-0.2, -0.15) is 0 Å². The Kier molecular flexibility index (Phi) is 7.19. The summed E-state index contributed by atoms with van der Waals surface area (Å²) in [6, 6.07) is 10.5. The van der Waals surface area contributed by atoms with Crippen molar-refractivity contribution in [3.8, 4) is 0 Å². The minimum absolute atomic E-state index is 0.0388. The Morgan fingerprint density at radius 3 is 2.60 bits per heavy atom. The van der Waals surface area contributed by atoms with Gasteiger partial charge in [0.2, 0.25) is 5.91 Å². The zero-order valence-electron chi connectivity index (χ0n) is 15.2. The first-order valence-corrected chi connectivity index (χ1v) is 8.67. The van der Waals surface area contributed by atoms with E-state index >= 15 is 0 Å². The van der Waals surface area contributed by atoms with Crippen molar-refractivity contribution in [1.82, 2.24) is 9.47 Å². The third-order valence-electron chi connectivity index (χ3n) is 4.12. The summed E-state index contributed by atoms with van der Waals surface area (Å²) in [7, 11) is 1.67. The summed E-state index contributed by atoms with van der Waals surface area (Å²) < 4.78 is 20.3. The normalized spacial score (nSPS) is 11.1. The highest BCUT2D eigenvalue weighted by Crippen LogP contribution is 2.13. The predicted molar refractivity (Wildman–Crippen MR) is 96.7 cm³/mol. The Labute approximate surface area is 149 Å². The molecule has 0 saturated carbocycles. The lowest BCUT2D eigenvalue weighted by Crippen LogP contribution is -2.35. The van der Waals surface area contributed by atoms with Crippen molar-refractivity contribution >= 4 is 5.91 Å². The van der Waals surface area contributed by atoms with Crippen LogP contribution >= 0.6 is 0 Å². The molecule has 0 atom stereocenters. The average molecular weight is 346 g/mol. The first kappa shape index (κ1) is 19.2. The summed E-state index contributed by atoms with van der Waals surface area (Å²) in [5.41, 5.74) is 2.09. The molecule has 0 aliphatic carbocycles. The summed E-state index contributed by atoms with van der Waals surface area (Å²) in [4.78, 5) is 14.4. The molecule has 4 nitrogen and oxygen atoms in total. The van der Waals surface area contributed by atoms with Crippen molar-refractivity contribution < 1.29 is 13.9 Å². The van der Waals surface area contributed by atoms with Gasteiger partial charge in [0.05, 0.1) is 6.54 Å². The fourth-order valence-electron chi connectivity index (χ4n) is 2.76. The van der Waals surface area contributed by atoms with Crippen LogP contribution in [-0.4, -0.2) is 35.6 Å². The molecule has 0 fully saturated rings. The molecule has 25 heavy (non-hydrogen) atoms. The lowest BCUT2D eigenvalue weighted by molar-refractivity contribution is -0.135. The zero-order chi connectivity index (χ0) is 18.2. The molecule has 0 saturated heterocycles. The highest BCUT2D eigenvalue weighted by atomic mass is 19.1. The minimum Gasteiger partial charge on any atom is -0.385 e. The smallest absolute Gasteiger partial charge is 0.225 e. The van der Waals surface area contributed by atoms with Crippen molar-refractivity contribution in [3.05, 3.63) is 59.7 Å². The van der Waals surface area contributed by atoms with Crippen molar-refractivity contribution in [2.45, 2.75) is 33.4 Å². The number of ether oxygens (including phenoxy) is 1. The number of methoxy groups -OCH3 is 1. The standard InChI is InChI=1S/C20H27FN2O2/c1-16(2)20(24)23(12-5-13-25-3)15-19-6-4-11-22(19)14-17-7-9-18(21)10-8-17/h4,6-11,16H,5,12-15H2,1-3H3. The molecule has 1 aromatic heterocycles. The van der Waals surface area contributed by atoms with Crippen LogP contribution in [0.1, 0.15) is 31.5 Å². The molecule has 5 heteroatoms. The highest BCUT2D eigenvalue weighted by molar-refractivity contribution is 5.78. The lowest BCUT2D eigenvalue weighted by Gasteiger charge is -2.25. The Bertz CT molecular complexity index is 665. The van der Waals surface area contributed by atoms with Crippen LogP contribution in [0.5, 0.6) is 0 Å². The van der Waals surface area contributed by atoms with Gasteiger partial charge in [-0.1, -0.05) is 26.0 Å².